The second kappa shape index (κ2) is 7.84. The van der Waals surface area contributed by atoms with Gasteiger partial charge in [0.15, 0.2) is 0 Å². The van der Waals surface area contributed by atoms with Crippen LogP contribution in [0.5, 0.6) is 0 Å². The van der Waals surface area contributed by atoms with Gasteiger partial charge in [-0.25, -0.2) is 9.36 Å². The number of hydrogen-bond donors (Lipinski definition) is 3. The molecule has 0 bridgehead atoms. The van der Waals surface area contributed by atoms with Gasteiger partial charge in [0.2, 0.25) is 5.76 Å². The number of carboxylic acids is 1. The SMILES string of the molecule is C=C(OP(=O)(O)O)C(=O)O.[Ag].[Ba]. The Labute approximate surface area is 124 Å². The molecule has 0 aromatic carbocycles. The maximum atomic E-state index is 9.89. The van der Waals surface area contributed by atoms with E-state index in [4.69, 9.17) is 14.9 Å². The van der Waals surface area contributed by atoms with Crippen molar-refractivity contribution in [3.63, 3.8) is 0 Å². The van der Waals surface area contributed by atoms with Gasteiger partial charge < -0.3 is 9.63 Å². The van der Waals surface area contributed by atoms with Gasteiger partial charge >= 0.3 is 13.8 Å². The van der Waals surface area contributed by atoms with Crippen molar-refractivity contribution in [1.29, 1.82) is 0 Å². The van der Waals surface area contributed by atoms with Gasteiger partial charge in [0.1, 0.15) is 0 Å². The second-order valence-electron chi connectivity index (χ2n) is 1.31. The Bertz CT molecular complexity index is 211. The molecule has 0 amide bonds. The van der Waals surface area contributed by atoms with E-state index < -0.39 is 19.6 Å². The number of carboxylic acid groups (broad SMARTS) is 1. The summed E-state index contributed by atoms with van der Waals surface area (Å²) in [6.07, 6.45) is 0. The van der Waals surface area contributed by atoms with Gasteiger partial charge in [-0.05, 0) is 6.58 Å². The zero-order chi connectivity index (χ0) is 8.36. The Morgan fingerprint density at radius 2 is 1.75 bits per heavy atom. The molecule has 6 nitrogen and oxygen atoms in total. The van der Waals surface area contributed by atoms with Crippen LogP contribution < -0.4 is 0 Å². The first-order valence-electron chi connectivity index (χ1n) is 2.00. The maximum Gasteiger partial charge on any atom is 0.525 e. The molecular formula is C3H5AgBaO6P. The Morgan fingerprint density at radius 3 is 1.83 bits per heavy atom. The first kappa shape index (κ1) is 19.1. The summed E-state index contributed by atoms with van der Waals surface area (Å²) in [6, 6.07) is 0. The third-order valence-electron chi connectivity index (χ3n) is 0.468. The molecule has 12 heavy (non-hydrogen) atoms. The third kappa shape index (κ3) is 11.5. The van der Waals surface area contributed by atoms with Crippen molar-refractivity contribution in [2.75, 3.05) is 0 Å². The van der Waals surface area contributed by atoms with Crippen LogP contribution in [0, 0.1) is 0 Å². The Balaban J connectivity index is -0.000000405. The van der Waals surface area contributed by atoms with Gasteiger partial charge in [-0.2, -0.15) is 0 Å². The molecule has 0 heterocycles. The Kier molecular flexibility index (Phi) is 12.5. The quantitative estimate of drug-likeness (QED) is 0.245. The van der Waals surface area contributed by atoms with Gasteiger partial charge in [0.25, 0.3) is 0 Å². The van der Waals surface area contributed by atoms with Crippen LogP contribution in [-0.2, 0) is 36.3 Å². The van der Waals surface area contributed by atoms with E-state index in [2.05, 4.69) is 11.1 Å². The van der Waals surface area contributed by atoms with E-state index in [1.807, 2.05) is 0 Å². The number of aliphatic carboxylic acids is 1. The van der Waals surface area contributed by atoms with E-state index in [1.54, 1.807) is 0 Å². The van der Waals surface area contributed by atoms with Crippen LogP contribution in [0.1, 0.15) is 0 Å². The molecule has 0 aliphatic carbocycles. The van der Waals surface area contributed by atoms with E-state index in [1.165, 1.54) is 0 Å². The fourth-order valence-corrected chi connectivity index (χ4v) is 0.548. The first-order chi connectivity index (χ1) is 4.33. The van der Waals surface area contributed by atoms with Crippen molar-refractivity contribution in [3.8, 4) is 0 Å². The van der Waals surface area contributed by atoms with Crippen molar-refractivity contribution in [2.24, 2.45) is 0 Å². The Morgan fingerprint density at radius 1 is 1.42 bits per heavy atom. The van der Waals surface area contributed by atoms with Crippen LogP contribution in [0.4, 0.5) is 0 Å². The summed E-state index contributed by atoms with van der Waals surface area (Å²) in [5.74, 6) is -2.59. The molecule has 9 heteroatoms. The molecule has 0 aromatic heterocycles. The molecule has 71 valence electrons. The number of carbonyl (C=O) groups is 1. The molecule has 0 rings (SSSR count). The largest absolute Gasteiger partial charge is 0.525 e. The van der Waals surface area contributed by atoms with Crippen molar-refractivity contribution in [3.05, 3.63) is 12.3 Å². The molecule has 0 aliphatic heterocycles. The molecule has 3 N–H and O–H groups in total. The summed E-state index contributed by atoms with van der Waals surface area (Å²) >= 11 is 0. The molecule has 0 aliphatic rings. The summed E-state index contributed by atoms with van der Waals surface area (Å²) in [4.78, 5) is 25.8. The van der Waals surface area contributed by atoms with Gasteiger partial charge in [-0.3, -0.25) is 9.79 Å². The molecule has 3 radical (unpaired) electrons. The van der Waals surface area contributed by atoms with Crippen LogP contribution in [0.15, 0.2) is 12.3 Å². The van der Waals surface area contributed by atoms with E-state index in [-0.39, 0.29) is 71.3 Å². The summed E-state index contributed by atoms with van der Waals surface area (Å²) in [5.41, 5.74) is 0. The fourth-order valence-electron chi connectivity index (χ4n) is 0.183. The number of phosphoric ester groups is 1. The standard InChI is InChI=1S/C3H5O6P.Ag.Ba/c1-2(3(4)5)9-10(6,7)8;;/h1H2,(H,4,5)(H2,6,7,8);;. The van der Waals surface area contributed by atoms with E-state index in [9.17, 15) is 9.36 Å². The van der Waals surface area contributed by atoms with E-state index in [0.717, 1.165) is 0 Å². The minimum Gasteiger partial charge on any atom is -0.475 e. The molecule has 0 atom stereocenters. The van der Waals surface area contributed by atoms with Gasteiger partial charge in [-0.15, -0.1) is 0 Å². The summed E-state index contributed by atoms with van der Waals surface area (Å²) < 4.78 is 13.5. The zero-order valence-corrected chi connectivity index (χ0v) is 12.5. The molecule has 0 spiro atoms. The molecule has 0 fully saturated rings. The van der Waals surface area contributed by atoms with Crippen molar-refractivity contribution >= 4 is 62.7 Å². The number of rotatable bonds is 3. The second-order valence-corrected chi connectivity index (χ2v) is 2.47. The topological polar surface area (TPSA) is 104 Å². The van der Waals surface area contributed by atoms with Crippen LogP contribution in [-0.4, -0.2) is 69.7 Å². The predicted molar refractivity (Wildman–Crippen MR) is 35.7 cm³/mol. The van der Waals surface area contributed by atoms with Crippen molar-refractivity contribution < 1.29 is 51.2 Å². The smallest absolute Gasteiger partial charge is 0.475 e. The zero-order valence-electron chi connectivity index (χ0n) is 5.73. The van der Waals surface area contributed by atoms with Crippen LogP contribution in [0.3, 0.4) is 0 Å². The number of hydrogen-bond acceptors (Lipinski definition) is 3. The van der Waals surface area contributed by atoms with Crippen LogP contribution >= 0.6 is 7.82 Å². The summed E-state index contributed by atoms with van der Waals surface area (Å²) in [7, 11) is -4.76. The summed E-state index contributed by atoms with van der Waals surface area (Å²) in [5, 5.41) is 7.98. The van der Waals surface area contributed by atoms with Gasteiger partial charge in [-0.1, -0.05) is 0 Å². The molecule has 0 unspecified atom stereocenters. The average Bonchev–Trinajstić information content (AvgIpc) is 1.60. The van der Waals surface area contributed by atoms with Crippen LogP contribution in [0.2, 0.25) is 0 Å². The third-order valence-corrected chi connectivity index (χ3v) is 0.926. The van der Waals surface area contributed by atoms with E-state index in [0.29, 0.717) is 0 Å². The monoisotopic (exact) mass is 413 g/mol. The molecule has 0 saturated carbocycles. The first-order valence-corrected chi connectivity index (χ1v) is 3.53. The molecule has 0 saturated heterocycles. The van der Waals surface area contributed by atoms with Crippen molar-refractivity contribution in [1.82, 2.24) is 0 Å². The van der Waals surface area contributed by atoms with Crippen molar-refractivity contribution in [2.45, 2.75) is 0 Å². The maximum absolute atomic E-state index is 9.89. The molecule has 0 aromatic rings. The number of phosphoric acid groups is 1. The molecular weight excluding hydrogens is 408 g/mol. The van der Waals surface area contributed by atoms with Gasteiger partial charge in [0.05, 0.1) is 0 Å². The normalized spacial score (nSPS) is 8.83. The van der Waals surface area contributed by atoms with Crippen LogP contribution in [0.25, 0.3) is 0 Å². The van der Waals surface area contributed by atoms with Gasteiger partial charge in [0, 0.05) is 71.3 Å². The average molecular weight is 413 g/mol. The fraction of sp³-hybridized carbons (Fsp3) is 0. The predicted octanol–water partition coefficient (Wildman–Crippen LogP) is -0.689. The minimum absolute atomic E-state index is 0. The minimum atomic E-state index is -4.76. The van der Waals surface area contributed by atoms with E-state index >= 15 is 0 Å². The Hall–Kier alpha value is 1.47. The summed E-state index contributed by atoms with van der Waals surface area (Å²) in [6.45, 7) is 2.73.